The first-order chi connectivity index (χ1) is 14.3. The number of anilines is 1. The molecule has 30 heavy (non-hydrogen) atoms. The molecule has 2 heterocycles. The minimum Gasteiger partial charge on any atom is -0.338 e. The molecule has 1 aromatic heterocycles. The van der Waals surface area contributed by atoms with Gasteiger partial charge in [0.2, 0.25) is 5.95 Å². The predicted molar refractivity (Wildman–Crippen MR) is 124 cm³/mol. The van der Waals surface area contributed by atoms with Crippen LogP contribution < -0.4 is 4.90 Å². The summed E-state index contributed by atoms with van der Waals surface area (Å²) in [5.41, 5.74) is 4.43. The average Bonchev–Trinajstić information content (AvgIpc) is 2.76. The maximum absolute atomic E-state index is 4.87. The predicted octanol–water partition coefficient (Wildman–Crippen LogP) is 4.81. The van der Waals surface area contributed by atoms with Gasteiger partial charge in [-0.05, 0) is 53.8 Å². The molecule has 2 aromatic rings. The van der Waals surface area contributed by atoms with Gasteiger partial charge >= 0.3 is 0 Å². The lowest BCUT2D eigenvalue weighted by Gasteiger charge is -2.42. The smallest absolute Gasteiger partial charge is 0.228 e. The molecule has 4 rings (SSSR count). The molecule has 0 bridgehead atoms. The second-order valence-electron chi connectivity index (χ2n) is 10.3. The molecule has 162 valence electrons. The van der Waals surface area contributed by atoms with Gasteiger partial charge in [0.05, 0.1) is 0 Å². The van der Waals surface area contributed by atoms with Crippen LogP contribution in [0, 0.1) is 0 Å². The average molecular weight is 408 g/mol. The lowest BCUT2D eigenvalue weighted by Crippen LogP contribution is -2.47. The van der Waals surface area contributed by atoms with E-state index >= 15 is 0 Å². The van der Waals surface area contributed by atoms with Crippen LogP contribution in [-0.4, -0.2) is 52.6 Å². The van der Waals surface area contributed by atoms with Crippen molar-refractivity contribution in [1.82, 2.24) is 19.9 Å². The molecule has 0 spiro atoms. The zero-order chi connectivity index (χ0) is 21.4. The van der Waals surface area contributed by atoms with E-state index < -0.39 is 0 Å². The molecular formula is C25H37N5. The molecule has 0 N–H and O–H groups in total. The first-order valence-electron chi connectivity index (χ1n) is 11.6. The number of unbranched alkanes of at least 4 members (excludes halogenated alkanes) is 1. The number of rotatable bonds is 5. The number of nitrogens with zero attached hydrogens (tertiary/aromatic N) is 5. The lowest BCUT2D eigenvalue weighted by molar-refractivity contribution is 0.253. The minimum atomic E-state index is 0.186. The Bertz CT molecular complexity index is 881. The Morgan fingerprint density at radius 3 is 2.30 bits per heavy atom. The monoisotopic (exact) mass is 407 g/mol. The summed E-state index contributed by atoms with van der Waals surface area (Å²) >= 11 is 0. The minimum absolute atomic E-state index is 0.186. The Labute approximate surface area is 181 Å². The van der Waals surface area contributed by atoms with Crippen molar-refractivity contribution in [1.29, 1.82) is 0 Å². The second kappa shape index (κ2) is 8.26. The quantitative estimate of drug-likeness (QED) is 0.712. The van der Waals surface area contributed by atoms with Crippen molar-refractivity contribution in [3.8, 4) is 11.4 Å². The van der Waals surface area contributed by atoms with Gasteiger partial charge in [-0.2, -0.15) is 4.98 Å². The van der Waals surface area contributed by atoms with Crippen LogP contribution in [0.3, 0.4) is 0 Å². The van der Waals surface area contributed by atoms with Crippen LogP contribution in [0.2, 0.25) is 0 Å². The lowest BCUT2D eigenvalue weighted by atomic mass is 9.63. The summed E-state index contributed by atoms with van der Waals surface area (Å²) in [7, 11) is 0. The normalized spacial score (nSPS) is 20.8. The van der Waals surface area contributed by atoms with Gasteiger partial charge in [-0.1, -0.05) is 53.2 Å². The fourth-order valence-corrected chi connectivity index (χ4v) is 4.86. The summed E-state index contributed by atoms with van der Waals surface area (Å²) in [5, 5.41) is 0. The number of benzene rings is 1. The molecule has 0 atom stereocenters. The molecule has 1 fully saturated rings. The Hall–Kier alpha value is -2.01. The Balaban J connectivity index is 1.57. The zero-order valence-electron chi connectivity index (χ0n) is 19.4. The van der Waals surface area contributed by atoms with Gasteiger partial charge in [0.15, 0.2) is 5.82 Å². The molecule has 0 amide bonds. The SMILES string of the molecule is CCCCN1CCN(c2ncnc(-c3ccc4c(c3)C(C)(C)CCC4(C)C)n2)CC1. The summed E-state index contributed by atoms with van der Waals surface area (Å²) in [5.74, 6) is 1.60. The van der Waals surface area contributed by atoms with Crippen molar-refractivity contribution in [2.24, 2.45) is 0 Å². The summed E-state index contributed by atoms with van der Waals surface area (Å²) in [4.78, 5) is 18.8. The number of hydrogen-bond donors (Lipinski definition) is 0. The number of hydrogen-bond acceptors (Lipinski definition) is 5. The number of aromatic nitrogens is 3. The topological polar surface area (TPSA) is 45.2 Å². The molecule has 1 aromatic carbocycles. The van der Waals surface area contributed by atoms with E-state index in [1.165, 1.54) is 43.4 Å². The van der Waals surface area contributed by atoms with Crippen LogP contribution >= 0.6 is 0 Å². The number of fused-ring (bicyclic) bond motifs is 1. The molecule has 5 nitrogen and oxygen atoms in total. The summed E-state index contributed by atoms with van der Waals surface area (Å²) < 4.78 is 0. The molecule has 1 saturated heterocycles. The first kappa shape index (κ1) is 21.2. The van der Waals surface area contributed by atoms with E-state index in [1.807, 2.05) is 0 Å². The Morgan fingerprint density at radius 1 is 0.900 bits per heavy atom. The Kier molecular flexibility index (Phi) is 5.84. The van der Waals surface area contributed by atoms with Gasteiger partial charge in [0, 0.05) is 31.7 Å². The maximum Gasteiger partial charge on any atom is 0.228 e. The van der Waals surface area contributed by atoms with Crippen LogP contribution in [0.4, 0.5) is 5.95 Å². The molecule has 5 heteroatoms. The second-order valence-corrected chi connectivity index (χ2v) is 10.3. The summed E-state index contributed by atoms with van der Waals surface area (Å²) in [6.45, 7) is 17.1. The van der Waals surface area contributed by atoms with Gasteiger partial charge in [-0.25, -0.2) is 9.97 Å². The largest absolute Gasteiger partial charge is 0.338 e. The molecule has 0 radical (unpaired) electrons. The van der Waals surface area contributed by atoms with E-state index in [1.54, 1.807) is 6.33 Å². The van der Waals surface area contributed by atoms with E-state index in [-0.39, 0.29) is 10.8 Å². The molecule has 1 aliphatic carbocycles. The highest BCUT2D eigenvalue weighted by atomic mass is 15.3. The van der Waals surface area contributed by atoms with Crippen molar-refractivity contribution in [2.75, 3.05) is 37.6 Å². The van der Waals surface area contributed by atoms with Crippen LogP contribution in [0.15, 0.2) is 24.5 Å². The molecule has 0 unspecified atom stereocenters. The van der Waals surface area contributed by atoms with Crippen molar-refractivity contribution in [3.05, 3.63) is 35.7 Å². The highest BCUT2D eigenvalue weighted by Crippen LogP contribution is 2.46. The van der Waals surface area contributed by atoms with Crippen LogP contribution in [0.5, 0.6) is 0 Å². The molecule has 2 aliphatic rings. The Morgan fingerprint density at radius 2 is 1.60 bits per heavy atom. The van der Waals surface area contributed by atoms with Crippen molar-refractivity contribution in [2.45, 2.75) is 71.1 Å². The standard InChI is InChI=1S/C25H37N5/c1-6-7-12-29-13-15-30(16-14-29)23-27-18-26-22(28-23)19-8-9-20-21(17-19)25(4,5)11-10-24(20,2)3/h8-9,17-18H,6-7,10-16H2,1-5H3. The van der Waals surface area contributed by atoms with Crippen LogP contribution in [0.1, 0.15) is 71.4 Å². The zero-order valence-corrected chi connectivity index (χ0v) is 19.4. The van der Waals surface area contributed by atoms with Crippen molar-refractivity contribution in [3.63, 3.8) is 0 Å². The summed E-state index contributed by atoms with van der Waals surface area (Å²) in [6, 6.07) is 6.84. The van der Waals surface area contributed by atoms with Crippen LogP contribution in [0.25, 0.3) is 11.4 Å². The van der Waals surface area contributed by atoms with E-state index in [9.17, 15) is 0 Å². The highest BCUT2D eigenvalue weighted by molar-refractivity contribution is 5.61. The van der Waals surface area contributed by atoms with Gasteiger partial charge in [-0.15, -0.1) is 0 Å². The first-order valence-corrected chi connectivity index (χ1v) is 11.6. The maximum atomic E-state index is 4.87. The number of piperazine rings is 1. The third kappa shape index (κ3) is 4.22. The van der Waals surface area contributed by atoms with Gasteiger partial charge in [0.1, 0.15) is 6.33 Å². The fraction of sp³-hybridized carbons (Fsp3) is 0.640. The third-order valence-electron chi connectivity index (χ3n) is 7.15. The van der Waals surface area contributed by atoms with Crippen LogP contribution in [-0.2, 0) is 10.8 Å². The fourth-order valence-electron chi connectivity index (χ4n) is 4.86. The van der Waals surface area contributed by atoms with E-state index in [2.05, 4.69) is 72.6 Å². The van der Waals surface area contributed by atoms with E-state index in [0.29, 0.717) is 0 Å². The van der Waals surface area contributed by atoms with Crippen molar-refractivity contribution >= 4 is 5.95 Å². The third-order valence-corrected chi connectivity index (χ3v) is 7.15. The highest BCUT2D eigenvalue weighted by Gasteiger charge is 2.37. The van der Waals surface area contributed by atoms with E-state index in [4.69, 9.17) is 4.98 Å². The molecular weight excluding hydrogens is 370 g/mol. The van der Waals surface area contributed by atoms with Gasteiger partial charge < -0.3 is 4.90 Å². The van der Waals surface area contributed by atoms with Gasteiger partial charge in [-0.3, -0.25) is 4.90 Å². The summed E-state index contributed by atoms with van der Waals surface area (Å²) in [6.07, 6.45) is 6.65. The van der Waals surface area contributed by atoms with Crippen molar-refractivity contribution < 1.29 is 0 Å². The van der Waals surface area contributed by atoms with Gasteiger partial charge in [0.25, 0.3) is 0 Å². The molecule has 0 saturated carbocycles. The van der Waals surface area contributed by atoms with E-state index in [0.717, 1.165) is 43.5 Å². The molecule has 1 aliphatic heterocycles.